The predicted molar refractivity (Wildman–Crippen MR) is 66.0 cm³/mol. The second kappa shape index (κ2) is 4.63. The highest BCUT2D eigenvalue weighted by molar-refractivity contribution is 6.20. The van der Waals surface area contributed by atoms with Crippen LogP contribution >= 0.6 is 11.6 Å². The van der Waals surface area contributed by atoms with Crippen LogP contribution in [0.1, 0.15) is 6.92 Å². The molecule has 0 bridgehead atoms. The van der Waals surface area contributed by atoms with Gasteiger partial charge in [-0.15, -0.1) is 11.6 Å². The highest BCUT2D eigenvalue weighted by Gasteiger charge is 2.07. The Kier molecular flexibility index (Phi) is 3.19. The van der Waals surface area contributed by atoms with Crippen LogP contribution in [-0.4, -0.2) is 22.0 Å². The number of H-pyrrole nitrogens is 2. The maximum atomic E-state index is 11.5. The summed E-state index contributed by atoms with van der Waals surface area (Å²) in [5.41, 5.74) is -0.607. The first-order chi connectivity index (χ1) is 8.08. The number of benzene rings is 1. The van der Waals surface area contributed by atoms with Crippen molar-refractivity contribution in [2.75, 3.05) is 6.61 Å². The van der Waals surface area contributed by atoms with Gasteiger partial charge in [0.25, 0.3) is 5.56 Å². The molecule has 1 aromatic heterocycles. The Morgan fingerprint density at radius 2 is 2.12 bits per heavy atom. The molecule has 2 N–H and O–H groups in total. The van der Waals surface area contributed by atoms with E-state index in [4.69, 9.17) is 16.3 Å². The fourth-order valence-electron chi connectivity index (χ4n) is 1.49. The van der Waals surface area contributed by atoms with Gasteiger partial charge >= 0.3 is 5.69 Å². The molecule has 0 aliphatic carbocycles. The zero-order chi connectivity index (χ0) is 12.4. The summed E-state index contributed by atoms with van der Waals surface area (Å²) in [5, 5.41) is 0.225. The molecule has 17 heavy (non-hydrogen) atoms. The first kappa shape index (κ1) is 11.7. The van der Waals surface area contributed by atoms with Crippen LogP contribution in [0.25, 0.3) is 10.9 Å². The van der Waals surface area contributed by atoms with E-state index in [-0.39, 0.29) is 5.38 Å². The molecular formula is C11H11ClN2O3. The molecule has 0 spiro atoms. The first-order valence-electron chi connectivity index (χ1n) is 5.10. The van der Waals surface area contributed by atoms with Crippen LogP contribution in [0, 0.1) is 0 Å². The number of rotatable bonds is 3. The average molecular weight is 255 g/mol. The molecule has 1 heterocycles. The van der Waals surface area contributed by atoms with E-state index >= 15 is 0 Å². The van der Waals surface area contributed by atoms with Crippen molar-refractivity contribution in [3.63, 3.8) is 0 Å². The average Bonchev–Trinajstić information content (AvgIpc) is 2.26. The largest absolute Gasteiger partial charge is 0.490 e. The molecule has 1 unspecified atom stereocenters. The minimum Gasteiger partial charge on any atom is -0.490 e. The monoisotopic (exact) mass is 254 g/mol. The van der Waals surface area contributed by atoms with Crippen LogP contribution in [-0.2, 0) is 0 Å². The lowest BCUT2D eigenvalue weighted by atomic mass is 10.2. The predicted octanol–water partition coefficient (Wildman–Crippen LogP) is 1.22. The number of para-hydroxylation sites is 1. The fraction of sp³-hybridized carbons (Fsp3) is 0.273. The van der Waals surface area contributed by atoms with Crippen molar-refractivity contribution >= 4 is 22.5 Å². The number of halogens is 1. The highest BCUT2D eigenvalue weighted by atomic mass is 35.5. The molecule has 0 saturated carbocycles. The number of aromatic nitrogens is 2. The number of nitrogens with one attached hydrogen (secondary N) is 2. The van der Waals surface area contributed by atoms with E-state index in [1.807, 2.05) is 0 Å². The van der Waals surface area contributed by atoms with Gasteiger partial charge in [0.05, 0.1) is 16.3 Å². The molecule has 6 heteroatoms. The van der Waals surface area contributed by atoms with Crippen molar-refractivity contribution in [2.45, 2.75) is 12.3 Å². The Hall–Kier alpha value is -1.75. The number of ether oxygens (including phenoxy) is 1. The summed E-state index contributed by atoms with van der Waals surface area (Å²) in [4.78, 5) is 27.4. The Morgan fingerprint density at radius 1 is 1.35 bits per heavy atom. The molecule has 0 aliphatic heterocycles. The van der Waals surface area contributed by atoms with Crippen LogP contribution in [0.5, 0.6) is 5.75 Å². The molecule has 5 nitrogen and oxygen atoms in total. The van der Waals surface area contributed by atoms with Crippen molar-refractivity contribution in [3.8, 4) is 5.75 Å². The number of aromatic amines is 2. The van der Waals surface area contributed by atoms with Crippen molar-refractivity contribution in [1.29, 1.82) is 0 Å². The van der Waals surface area contributed by atoms with Crippen LogP contribution in [0.15, 0.2) is 27.8 Å². The third kappa shape index (κ3) is 2.50. The van der Waals surface area contributed by atoms with Gasteiger partial charge in [0.1, 0.15) is 12.4 Å². The number of hydrogen-bond acceptors (Lipinski definition) is 3. The summed E-state index contributed by atoms with van der Waals surface area (Å²) < 4.78 is 5.44. The molecule has 90 valence electrons. The van der Waals surface area contributed by atoms with Crippen molar-refractivity contribution in [1.82, 2.24) is 9.97 Å². The standard InChI is InChI=1S/C11H11ClN2O3/c1-6(12)5-17-8-4-2-3-7-9(8)13-11(16)14-10(7)15/h2-4,6H,5H2,1H3,(H2,13,14,15,16). The minimum atomic E-state index is -0.558. The maximum Gasteiger partial charge on any atom is 0.326 e. The van der Waals surface area contributed by atoms with Gasteiger partial charge in [-0.2, -0.15) is 0 Å². The van der Waals surface area contributed by atoms with Gasteiger partial charge < -0.3 is 9.72 Å². The van der Waals surface area contributed by atoms with Gasteiger partial charge in [-0.3, -0.25) is 9.78 Å². The van der Waals surface area contributed by atoms with Crippen LogP contribution < -0.4 is 16.0 Å². The van der Waals surface area contributed by atoms with Crippen LogP contribution in [0.3, 0.4) is 0 Å². The molecule has 2 aromatic rings. The summed E-state index contributed by atoms with van der Waals surface area (Å²) in [5.74, 6) is 0.443. The van der Waals surface area contributed by atoms with E-state index in [9.17, 15) is 9.59 Å². The zero-order valence-electron chi connectivity index (χ0n) is 9.12. The van der Waals surface area contributed by atoms with Crippen LogP contribution in [0.2, 0.25) is 0 Å². The lowest BCUT2D eigenvalue weighted by molar-refractivity contribution is 0.323. The van der Waals surface area contributed by atoms with E-state index in [2.05, 4.69) is 9.97 Å². The second-order valence-corrected chi connectivity index (χ2v) is 4.42. The Bertz CT molecular complexity index is 645. The third-order valence-electron chi connectivity index (χ3n) is 2.20. The minimum absolute atomic E-state index is 0.154. The van der Waals surface area contributed by atoms with E-state index in [0.29, 0.717) is 23.3 Å². The first-order valence-corrected chi connectivity index (χ1v) is 5.54. The topological polar surface area (TPSA) is 75.0 Å². The number of hydrogen-bond donors (Lipinski definition) is 2. The van der Waals surface area contributed by atoms with Crippen molar-refractivity contribution < 1.29 is 4.74 Å². The summed E-state index contributed by atoms with van der Waals surface area (Å²) >= 11 is 5.78. The van der Waals surface area contributed by atoms with E-state index < -0.39 is 11.2 Å². The molecule has 1 atom stereocenters. The highest BCUT2D eigenvalue weighted by Crippen LogP contribution is 2.20. The smallest absolute Gasteiger partial charge is 0.326 e. The fourth-order valence-corrected chi connectivity index (χ4v) is 1.55. The molecule has 0 saturated heterocycles. The Balaban J connectivity index is 2.56. The third-order valence-corrected chi connectivity index (χ3v) is 2.33. The van der Waals surface area contributed by atoms with E-state index in [1.165, 1.54) is 0 Å². The number of fused-ring (bicyclic) bond motifs is 1. The Morgan fingerprint density at radius 3 is 2.82 bits per heavy atom. The van der Waals surface area contributed by atoms with Crippen LogP contribution in [0.4, 0.5) is 0 Å². The molecule has 0 radical (unpaired) electrons. The lowest BCUT2D eigenvalue weighted by Crippen LogP contribution is -2.22. The molecule has 2 rings (SSSR count). The molecule has 1 aromatic carbocycles. The SMILES string of the molecule is CC(Cl)COc1cccc2c(=O)[nH]c(=O)[nH]c12. The Labute approximate surface area is 101 Å². The summed E-state index contributed by atoms with van der Waals surface area (Å²) in [6.07, 6.45) is 0. The quantitative estimate of drug-likeness (QED) is 0.809. The van der Waals surface area contributed by atoms with Crippen molar-refractivity contribution in [3.05, 3.63) is 39.0 Å². The zero-order valence-corrected chi connectivity index (χ0v) is 9.88. The summed E-state index contributed by atoms with van der Waals surface area (Å²) in [6, 6.07) is 4.97. The normalized spacial score (nSPS) is 12.6. The van der Waals surface area contributed by atoms with Gasteiger partial charge in [-0.1, -0.05) is 6.07 Å². The molecule has 0 fully saturated rings. The van der Waals surface area contributed by atoms with Gasteiger partial charge in [0.2, 0.25) is 0 Å². The van der Waals surface area contributed by atoms with Gasteiger partial charge in [0, 0.05) is 0 Å². The van der Waals surface area contributed by atoms with Gasteiger partial charge in [0.15, 0.2) is 0 Å². The molecule has 0 aliphatic rings. The van der Waals surface area contributed by atoms with Gasteiger partial charge in [-0.05, 0) is 19.1 Å². The summed E-state index contributed by atoms with van der Waals surface area (Å²) in [6.45, 7) is 2.09. The van der Waals surface area contributed by atoms with Crippen molar-refractivity contribution in [2.24, 2.45) is 0 Å². The lowest BCUT2D eigenvalue weighted by Gasteiger charge is -2.09. The second-order valence-electron chi connectivity index (χ2n) is 3.68. The van der Waals surface area contributed by atoms with E-state index in [1.54, 1.807) is 25.1 Å². The van der Waals surface area contributed by atoms with E-state index in [0.717, 1.165) is 0 Å². The number of alkyl halides is 1. The molecular weight excluding hydrogens is 244 g/mol. The summed E-state index contributed by atoms with van der Waals surface area (Å²) in [7, 11) is 0. The maximum absolute atomic E-state index is 11.5. The molecule has 0 amide bonds. The van der Waals surface area contributed by atoms with Gasteiger partial charge in [-0.25, -0.2) is 4.79 Å².